The number of carbonyl (C=O) groups is 2. The van der Waals surface area contributed by atoms with Crippen LogP contribution in [0.25, 0.3) is 0 Å². The van der Waals surface area contributed by atoms with Crippen LogP contribution in [-0.4, -0.2) is 45.2 Å². The summed E-state index contributed by atoms with van der Waals surface area (Å²) >= 11 is 0. The van der Waals surface area contributed by atoms with Crippen LogP contribution in [0.15, 0.2) is 12.2 Å². The third-order valence-corrected chi connectivity index (χ3v) is 6.06. The molecule has 3 aliphatic rings. The third kappa shape index (κ3) is 2.30. The van der Waals surface area contributed by atoms with Gasteiger partial charge in [-0.05, 0) is 30.3 Å². The fourth-order valence-corrected chi connectivity index (χ4v) is 4.87. The Morgan fingerprint density at radius 2 is 1.56 bits per heavy atom. The SMILES string of the molecule is C=C1[C@H]2CCCC[C@@H]2C(C(=O)OC)(C(=O)OC)C12OCC(C)(C)CO2. The number of carbonyl (C=O) groups excluding carboxylic acids is 2. The van der Waals surface area contributed by atoms with E-state index in [0.29, 0.717) is 25.2 Å². The quantitative estimate of drug-likeness (QED) is 0.432. The summed E-state index contributed by atoms with van der Waals surface area (Å²) in [6, 6.07) is 0. The van der Waals surface area contributed by atoms with Gasteiger partial charge in [0.15, 0.2) is 0 Å². The maximum absolute atomic E-state index is 13.0. The lowest BCUT2D eigenvalue weighted by atomic mass is 9.67. The second-order valence-corrected chi connectivity index (χ2v) is 8.17. The Kier molecular flexibility index (Phi) is 4.48. The number of hydrogen-bond donors (Lipinski definition) is 0. The van der Waals surface area contributed by atoms with E-state index in [2.05, 4.69) is 6.58 Å². The molecule has 25 heavy (non-hydrogen) atoms. The average molecular weight is 352 g/mol. The van der Waals surface area contributed by atoms with Gasteiger partial charge in [-0.15, -0.1) is 0 Å². The molecule has 0 aromatic heterocycles. The normalized spacial score (nSPS) is 32.1. The lowest BCUT2D eigenvalue weighted by Crippen LogP contribution is -2.64. The second kappa shape index (κ2) is 6.09. The van der Waals surface area contributed by atoms with Crippen LogP contribution in [0.4, 0.5) is 0 Å². The molecular weight excluding hydrogens is 324 g/mol. The fraction of sp³-hybridized carbons (Fsp3) is 0.789. The van der Waals surface area contributed by atoms with Crippen LogP contribution in [0.3, 0.4) is 0 Å². The fourth-order valence-electron chi connectivity index (χ4n) is 4.87. The summed E-state index contributed by atoms with van der Waals surface area (Å²) in [6.45, 7) is 8.98. The van der Waals surface area contributed by atoms with E-state index >= 15 is 0 Å². The van der Waals surface area contributed by atoms with Crippen molar-refractivity contribution in [2.45, 2.75) is 45.3 Å². The number of fused-ring (bicyclic) bond motifs is 1. The molecule has 2 atom stereocenters. The van der Waals surface area contributed by atoms with E-state index in [1.54, 1.807) is 0 Å². The van der Waals surface area contributed by atoms with Crippen LogP contribution in [0.2, 0.25) is 0 Å². The Hall–Kier alpha value is -1.40. The first-order chi connectivity index (χ1) is 11.8. The molecule has 6 nitrogen and oxygen atoms in total. The summed E-state index contributed by atoms with van der Waals surface area (Å²) in [6.07, 6.45) is 3.54. The highest BCUT2D eigenvalue weighted by atomic mass is 16.7. The van der Waals surface area contributed by atoms with Gasteiger partial charge in [0.25, 0.3) is 0 Å². The molecule has 1 heterocycles. The van der Waals surface area contributed by atoms with Crippen molar-refractivity contribution in [3.63, 3.8) is 0 Å². The Balaban J connectivity index is 2.19. The number of rotatable bonds is 2. The molecule has 2 saturated carbocycles. The molecule has 140 valence electrons. The predicted octanol–water partition coefficient (Wildman–Crippen LogP) is 2.46. The van der Waals surface area contributed by atoms with Crippen molar-refractivity contribution in [3.8, 4) is 0 Å². The molecule has 1 spiro atoms. The number of methoxy groups -OCH3 is 2. The van der Waals surface area contributed by atoms with E-state index in [1.807, 2.05) is 13.8 Å². The Labute approximate surface area is 148 Å². The molecule has 0 aromatic carbocycles. The number of hydrogen-bond acceptors (Lipinski definition) is 6. The number of ether oxygens (including phenoxy) is 4. The summed E-state index contributed by atoms with van der Waals surface area (Å²) in [4.78, 5) is 26.1. The second-order valence-electron chi connectivity index (χ2n) is 8.17. The molecular formula is C19H28O6. The predicted molar refractivity (Wildman–Crippen MR) is 89.5 cm³/mol. The Bertz CT molecular complexity index is 567. The van der Waals surface area contributed by atoms with Gasteiger partial charge < -0.3 is 18.9 Å². The van der Waals surface area contributed by atoms with Gasteiger partial charge in [0, 0.05) is 5.41 Å². The number of esters is 2. The smallest absolute Gasteiger partial charge is 0.329 e. The molecule has 0 radical (unpaired) electrons. The van der Waals surface area contributed by atoms with Crippen molar-refractivity contribution in [2.75, 3.05) is 27.4 Å². The molecule has 3 fully saturated rings. The maximum atomic E-state index is 13.0. The molecule has 2 aliphatic carbocycles. The van der Waals surface area contributed by atoms with Gasteiger partial charge in [0.05, 0.1) is 27.4 Å². The van der Waals surface area contributed by atoms with Gasteiger partial charge in [0.1, 0.15) is 0 Å². The zero-order chi connectivity index (χ0) is 18.5. The van der Waals surface area contributed by atoms with Crippen molar-refractivity contribution < 1.29 is 28.5 Å². The average Bonchev–Trinajstić information content (AvgIpc) is 2.83. The molecule has 0 aromatic rings. The van der Waals surface area contributed by atoms with Gasteiger partial charge in [0.2, 0.25) is 11.2 Å². The lowest BCUT2D eigenvalue weighted by Gasteiger charge is -2.49. The van der Waals surface area contributed by atoms with Gasteiger partial charge in [-0.3, -0.25) is 9.59 Å². The molecule has 1 saturated heterocycles. The minimum atomic E-state index is -1.66. The first-order valence-corrected chi connectivity index (χ1v) is 8.91. The van der Waals surface area contributed by atoms with E-state index in [0.717, 1.165) is 19.3 Å². The highest BCUT2D eigenvalue weighted by Crippen LogP contribution is 2.64. The van der Waals surface area contributed by atoms with E-state index in [-0.39, 0.29) is 17.3 Å². The zero-order valence-corrected chi connectivity index (χ0v) is 15.6. The van der Waals surface area contributed by atoms with E-state index in [1.165, 1.54) is 14.2 Å². The molecule has 3 rings (SSSR count). The first kappa shape index (κ1) is 18.4. The minimum absolute atomic E-state index is 0.0202. The summed E-state index contributed by atoms with van der Waals surface area (Å²) in [7, 11) is 2.57. The van der Waals surface area contributed by atoms with Crippen LogP contribution < -0.4 is 0 Å². The van der Waals surface area contributed by atoms with Crippen LogP contribution >= 0.6 is 0 Å². The highest BCUT2D eigenvalue weighted by Gasteiger charge is 2.78. The van der Waals surface area contributed by atoms with Crippen LogP contribution in [0, 0.1) is 22.7 Å². The van der Waals surface area contributed by atoms with Crippen molar-refractivity contribution in [3.05, 3.63) is 12.2 Å². The van der Waals surface area contributed by atoms with Gasteiger partial charge in [-0.1, -0.05) is 33.3 Å². The molecule has 0 N–H and O–H groups in total. The monoisotopic (exact) mass is 352 g/mol. The molecule has 0 unspecified atom stereocenters. The summed E-state index contributed by atoms with van der Waals surface area (Å²) < 4.78 is 22.6. The lowest BCUT2D eigenvalue weighted by molar-refractivity contribution is -0.317. The minimum Gasteiger partial charge on any atom is -0.468 e. The third-order valence-electron chi connectivity index (χ3n) is 6.06. The van der Waals surface area contributed by atoms with Gasteiger partial charge >= 0.3 is 11.9 Å². The van der Waals surface area contributed by atoms with Crippen molar-refractivity contribution in [2.24, 2.45) is 22.7 Å². The van der Waals surface area contributed by atoms with E-state index < -0.39 is 23.1 Å². The van der Waals surface area contributed by atoms with Crippen LogP contribution in [0.5, 0.6) is 0 Å². The van der Waals surface area contributed by atoms with Crippen LogP contribution in [-0.2, 0) is 28.5 Å². The largest absolute Gasteiger partial charge is 0.468 e. The Morgan fingerprint density at radius 3 is 2.08 bits per heavy atom. The maximum Gasteiger partial charge on any atom is 0.329 e. The van der Waals surface area contributed by atoms with Crippen molar-refractivity contribution in [1.29, 1.82) is 0 Å². The topological polar surface area (TPSA) is 71.1 Å². The summed E-state index contributed by atoms with van der Waals surface area (Å²) in [5, 5.41) is 0. The Morgan fingerprint density at radius 1 is 1.04 bits per heavy atom. The highest BCUT2D eigenvalue weighted by molar-refractivity contribution is 6.03. The van der Waals surface area contributed by atoms with Gasteiger partial charge in [-0.25, -0.2) is 0 Å². The van der Waals surface area contributed by atoms with Crippen molar-refractivity contribution >= 4 is 11.9 Å². The summed E-state index contributed by atoms with van der Waals surface area (Å²) in [5.41, 5.74) is -1.20. The van der Waals surface area contributed by atoms with Gasteiger partial charge in [-0.2, -0.15) is 0 Å². The molecule has 0 bridgehead atoms. The van der Waals surface area contributed by atoms with E-state index in [9.17, 15) is 9.59 Å². The standard InChI is InChI=1S/C19H28O6/c1-12-13-8-6-7-9-14(13)18(15(20)22-4,16(21)23-5)19(12)24-10-17(2,3)11-25-19/h13-14H,1,6-11H2,2-5H3/t13-,14+/m1/s1. The van der Waals surface area contributed by atoms with Crippen molar-refractivity contribution in [1.82, 2.24) is 0 Å². The molecule has 1 aliphatic heterocycles. The summed E-state index contributed by atoms with van der Waals surface area (Å²) in [5.74, 6) is -3.13. The first-order valence-electron chi connectivity index (χ1n) is 8.91. The zero-order valence-electron chi connectivity index (χ0n) is 15.6. The van der Waals surface area contributed by atoms with Crippen LogP contribution in [0.1, 0.15) is 39.5 Å². The molecule has 0 amide bonds. The molecule has 6 heteroatoms. The van der Waals surface area contributed by atoms with E-state index in [4.69, 9.17) is 18.9 Å².